The van der Waals surface area contributed by atoms with Gasteiger partial charge in [-0.3, -0.25) is 5.01 Å². The molecule has 150 valence electrons. The van der Waals surface area contributed by atoms with E-state index in [1.54, 1.807) is 6.08 Å². The highest BCUT2D eigenvalue weighted by Gasteiger charge is 2.20. The molecule has 0 atom stereocenters. The van der Waals surface area contributed by atoms with Crippen molar-refractivity contribution in [3.63, 3.8) is 0 Å². The summed E-state index contributed by atoms with van der Waals surface area (Å²) in [5.74, 6) is 0. The molecule has 0 radical (unpaired) electrons. The maximum atomic E-state index is 9.48. The highest BCUT2D eigenvalue weighted by Crippen LogP contribution is 2.35. The minimum absolute atomic E-state index is 0.362. The SMILES string of the molecule is C=CCNc1ccc(-c2ccc(-c3ccc4c(c3)NNN4C(C)C)cc2)cc1C#N. The summed E-state index contributed by atoms with van der Waals surface area (Å²) in [7, 11) is 0. The van der Waals surface area contributed by atoms with E-state index in [9.17, 15) is 5.26 Å². The average molecular weight is 396 g/mol. The molecule has 0 aliphatic carbocycles. The van der Waals surface area contributed by atoms with Crippen molar-refractivity contribution in [2.24, 2.45) is 0 Å². The van der Waals surface area contributed by atoms with Crippen LogP contribution in [-0.4, -0.2) is 12.6 Å². The molecule has 0 aromatic heterocycles. The Morgan fingerprint density at radius 2 is 1.63 bits per heavy atom. The van der Waals surface area contributed by atoms with E-state index in [1.807, 2.05) is 18.2 Å². The summed E-state index contributed by atoms with van der Waals surface area (Å²) in [6, 6.07) is 23.4. The lowest BCUT2D eigenvalue weighted by atomic mass is 9.98. The number of hydrazine groups is 2. The van der Waals surface area contributed by atoms with Crippen LogP contribution in [0.25, 0.3) is 22.3 Å². The maximum absolute atomic E-state index is 9.48. The van der Waals surface area contributed by atoms with Gasteiger partial charge in [-0.1, -0.05) is 42.5 Å². The third-order valence-electron chi connectivity index (χ3n) is 5.21. The molecule has 3 aromatic carbocycles. The van der Waals surface area contributed by atoms with Crippen molar-refractivity contribution in [3.8, 4) is 28.3 Å². The van der Waals surface area contributed by atoms with Crippen molar-refractivity contribution in [1.82, 2.24) is 5.53 Å². The van der Waals surface area contributed by atoms with Crippen molar-refractivity contribution >= 4 is 17.1 Å². The molecular formula is C25H25N5. The molecule has 1 aliphatic heterocycles. The zero-order chi connectivity index (χ0) is 21.1. The third kappa shape index (κ3) is 3.73. The normalized spacial score (nSPS) is 12.3. The Balaban J connectivity index is 1.58. The zero-order valence-electron chi connectivity index (χ0n) is 17.2. The van der Waals surface area contributed by atoms with Crippen LogP contribution in [0.5, 0.6) is 0 Å². The van der Waals surface area contributed by atoms with Crippen LogP contribution < -0.4 is 21.3 Å². The largest absolute Gasteiger partial charge is 0.381 e. The molecule has 30 heavy (non-hydrogen) atoms. The molecular weight excluding hydrogens is 370 g/mol. The van der Waals surface area contributed by atoms with Gasteiger partial charge in [0.1, 0.15) is 6.07 Å². The molecule has 0 spiro atoms. The number of anilines is 3. The van der Waals surface area contributed by atoms with E-state index in [0.717, 1.165) is 39.3 Å². The fraction of sp³-hybridized carbons (Fsp3) is 0.160. The number of fused-ring (bicyclic) bond motifs is 1. The van der Waals surface area contributed by atoms with Crippen molar-refractivity contribution in [2.75, 3.05) is 22.3 Å². The van der Waals surface area contributed by atoms with Crippen LogP contribution in [-0.2, 0) is 0 Å². The summed E-state index contributed by atoms with van der Waals surface area (Å²) >= 11 is 0. The maximum Gasteiger partial charge on any atom is 0.101 e. The molecule has 0 saturated carbocycles. The van der Waals surface area contributed by atoms with E-state index in [-0.39, 0.29) is 0 Å². The number of hydrogen-bond acceptors (Lipinski definition) is 5. The number of nitrogens with zero attached hydrogens (tertiary/aromatic N) is 2. The first-order chi connectivity index (χ1) is 14.6. The van der Waals surface area contributed by atoms with Crippen LogP contribution in [0.3, 0.4) is 0 Å². The Kier molecular flexibility index (Phi) is 5.42. The molecule has 0 saturated heterocycles. The van der Waals surface area contributed by atoms with E-state index in [0.29, 0.717) is 18.2 Å². The summed E-state index contributed by atoms with van der Waals surface area (Å²) in [5, 5.41) is 14.8. The number of rotatable bonds is 6. The van der Waals surface area contributed by atoms with Crippen LogP contribution in [0.2, 0.25) is 0 Å². The molecule has 0 bridgehead atoms. The summed E-state index contributed by atoms with van der Waals surface area (Å²) in [6.07, 6.45) is 1.78. The molecule has 0 fully saturated rings. The first-order valence-corrected chi connectivity index (χ1v) is 10.1. The predicted octanol–water partition coefficient (Wildman–Crippen LogP) is 5.55. The van der Waals surface area contributed by atoms with Gasteiger partial charge in [-0.25, -0.2) is 0 Å². The summed E-state index contributed by atoms with van der Waals surface area (Å²) in [6.45, 7) is 8.63. The lowest BCUT2D eigenvalue weighted by Crippen LogP contribution is -2.41. The molecule has 1 aliphatic rings. The van der Waals surface area contributed by atoms with Gasteiger partial charge in [0.05, 0.1) is 22.6 Å². The molecule has 3 N–H and O–H groups in total. The van der Waals surface area contributed by atoms with E-state index in [2.05, 4.69) is 90.2 Å². The minimum Gasteiger partial charge on any atom is -0.381 e. The summed E-state index contributed by atoms with van der Waals surface area (Å²) < 4.78 is 0. The van der Waals surface area contributed by atoms with E-state index in [1.165, 1.54) is 0 Å². The molecule has 0 amide bonds. The Morgan fingerprint density at radius 3 is 2.27 bits per heavy atom. The first-order valence-electron chi connectivity index (χ1n) is 10.1. The van der Waals surface area contributed by atoms with E-state index < -0.39 is 0 Å². The predicted molar refractivity (Wildman–Crippen MR) is 125 cm³/mol. The lowest BCUT2D eigenvalue weighted by molar-refractivity contribution is 0.633. The van der Waals surface area contributed by atoms with Gasteiger partial charge in [0.2, 0.25) is 0 Å². The van der Waals surface area contributed by atoms with Crippen LogP contribution in [0.15, 0.2) is 73.3 Å². The second-order valence-corrected chi connectivity index (χ2v) is 7.55. The summed E-state index contributed by atoms with van der Waals surface area (Å²) in [4.78, 5) is 0. The van der Waals surface area contributed by atoms with Gasteiger partial charge in [0.15, 0.2) is 0 Å². The highest BCUT2D eigenvalue weighted by molar-refractivity contribution is 5.81. The van der Waals surface area contributed by atoms with Crippen LogP contribution in [0.1, 0.15) is 19.4 Å². The fourth-order valence-corrected chi connectivity index (χ4v) is 3.62. The van der Waals surface area contributed by atoms with Crippen LogP contribution in [0, 0.1) is 11.3 Å². The molecule has 1 heterocycles. The molecule has 0 unspecified atom stereocenters. The number of benzene rings is 3. The van der Waals surface area contributed by atoms with Crippen molar-refractivity contribution in [3.05, 3.63) is 78.9 Å². The van der Waals surface area contributed by atoms with Gasteiger partial charge in [0, 0.05) is 12.6 Å². The molecule has 4 rings (SSSR count). The Bertz CT molecular complexity index is 1110. The molecule has 3 aromatic rings. The van der Waals surface area contributed by atoms with Gasteiger partial charge in [0.25, 0.3) is 0 Å². The van der Waals surface area contributed by atoms with Crippen LogP contribution >= 0.6 is 0 Å². The van der Waals surface area contributed by atoms with Crippen molar-refractivity contribution in [2.45, 2.75) is 19.9 Å². The second kappa shape index (κ2) is 8.32. The Hall–Kier alpha value is -3.75. The molecule has 5 heteroatoms. The average Bonchev–Trinajstić information content (AvgIpc) is 3.21. The zero-order valence-corrected chi connectivity index (χ0v) is 17.2. The van der Waals surface area contributed by atoms with E-state index in [4.69, 9.17) is 0 Å². The Labute approximate surface area is 177 Å². The van der Waals surface area contributed by atoms with E-state index >= 15 is 0 Å². The second-order valence-electron chi connectivity index (χ2n) is 7.55. The Morgan fingerprint density at radius 1 is 1.00 bits per heavy atom. The molecule has 5 nitrogen and oxygen atoms in total. The van der Waals surface area contributed by atoms with Crippen molar-refractivity contribution < 1.29 is 0 Å². The minimum atomic E-state index is 0.362. The topological polar surface area (TPSA) is 63.1 Å². The number of nitriles is 1. The standard InChI is InChI=1S/C25H25N5/c1-4-13-27-23-11-9-20(14-22(23)16-26)18-5-7-19(8-6-18)21-10-12-25-24(15-21)28-29-30(25)17(2)3/h4-12,14-15,17,27-29H,1,13H2,2-3H3. The highest BCUT2D eigenvalue weighted by atomic mass is 15.7. The quantitative estimate of drug-likeness (QED) is 0.478. The first kappa shape index (κ1) is 19.6. The van der Waals surface area contributed by atoms with Gasteiger partial charge < -0.3 is 10.7 Å². The number of nitrogens with one attached hydrogen (secondary N) is 3. The van der Waals surface area contributed by atoms with Gasteiger partial charge in [-0.05, 0) is 60.4 Å². The summed E-state index contributed by atoms with van der Waals surface area (Å²) in [5.41, 5.74) is 14.5. The van der Waals surface area contributed by atoms with Gasteiger partial charge in [-0.2, -0.15) is 5.26 Å². The number of hydrogen-bond donors (Lipinski definition) is 3. The van der Waals surface area contributed by atoms with Gasteiger partial charge >= 0.3 is 0 Å². The lowest BCUT2D eigenvalue weighted by Gasteiger charge is -2.22. The fourth-order valence-electron chi connectivity index (χ4n) is 3.62. The smallest absolute Gasteiger partial charge is 0.101 e. The van der Waals surface area contributed by atoms with Crippen LogP contribution in [0.4, 0.5) is 17.1 Å². The van der Waals surface area contributed by atoms with Crippen molar-refractivity contribution in [1.29, 1.82) is 5.26 Å². The monoisotopic (exact) mass is 395 g/mol. The third-order valence-corrected chi connectivity index (χ3v) is 5.21. The van der Waals surface area contributed by atoms with Gasteiger partial charge in [-0.15, -0.1) is 12.1 Å².